The summed E-state index contributed by atoms with van der Waals surface area (Å²) >= 11 is 0. The molecule has 2 heterocycles. The number of rotatable bonds is 4. The molecule has 5 nitrogen and oxygen atoms in total. The number of aryl methyl sites for hydroxylation is 2. The van der Waals surface area contributed by atoms with Crippen LogP contribution in [0.15, 0.2) is 6.20 Å². The minimum Gasteiger partial charge on any atom is -0.367 e. The van der Waals surface area contributed by atoms with Gasteiger partial charge < -0.3 is 5.32 Å². The van der Waals surface area contributed by atoms with E-state index in [0.29, 0.717) is 0 Å². The van der Waals surface area contributed by atoms with Crippen LogP contribution in [0.3, 0.4) is 0 Å². The van der Waals surface area contributed by atoms with Gasteiger partial charge in [0.25, 0.3) is 0 Å². The smallest absolute Gasteiger partial charge is 0.147 e. The minimum atomic E-state index is -0.627. The highest BCUT2D eigenvalue weighted by molar-refractivity contribution is 7.85. The molecule has 0 aliphatic carbocycles. The van der Waals surface area contributed by atoms with Crippen molar-refractivity contribution < 1.29 is 4.21 Å². The van der Waals surface area contributed by atoms with E-state index >= 15 is 0 Å². The van der Waals surface area contributed by atoms with Crippen LogP contribution in [0.2, 0.25) is 0 Å². The van der Waals surface area contributed by atoms with Gasteiger partial charge in [-0.2, -0.15) is 0 Å². The third kappa shape index (κ3) is 3.76. The van der Waals surface area contributed by atoms with Crippen LogP contribution in [0, 0.1) is 13.8 Å². The molecule has 1 aliphatic rings. The fourth-order valence-electron chi connectivity index (χ4n) is 2.36. The van der Waals surface area contributed by atoms with Crippen LogP contribution in [-0.2, 0) is 10.8 Å². The van der Waals surface area contributed by atoms with E-state index in [9.17, 15) is 4.21 Å². The first-order valence-electron chi connectivity index (χ1n) is 7.02. The number of aromatic nitrogens is 2. The summed E-state index contributed by atoms with van der Waals surface area (Å²) in [4.78, 5) is 11.2. The van der Waals surface area contributed by atoms with E-state index in [-0.39, 0.29) is 5.54 Å². The number of hydrogen-bond acceptors (Lipinski definition) is 5. The Labute approximate surface area is 123 Å². The summed E-state index contributed by atoms with van der Waals surface area (Å²) in [5.74, 6) is 2.43. The lowest BCUT2D eigenvalue weighted by Crippen LogP contribution is -2.53. The fraction of sp³-hybridized carbons (Fsp3) is 0.714. The van der Waals surface area contributed by atoms with Gasteiger partial charge >= 0.3 is 0 Å². The van der Waals surface area contributed by atoms with E-state index in [4.69, 9.17) is 0 Å². The SMILES string of the molecule is Cc1cnc(C)c(NCC(C)(C)N2CCS(=O)CC2)n1. The Kier molecular flexibility index (Phi) is 4.75. The third-order valence-electron chi connectivity index (χ3n) is 3.80. The number of anilines is 1. The second-order valence-corrected chi connectivity index (χ2v) is 7.64. The van der Waals surface area contributed by atoms with E-state index in [2.05, 4.69) is 34.0 Å². The largest absolute Gasteiger partial charge is 0.367 e. The maximum atomic E-state index is 11.4. The molecule has 2 rings (SSSR count). The molecule has 20 heavy (non-hydrogen) atoms. The monoisotopic (exact) mass is 296 g/mol. The Morgan fingerprint density at radius 2 is 2.00 bits per heavy atom. The Bertz CT molecular complexity index is 494. The first kappa shape index (κ1) is 15.4. The Balaban J connectivity index is 1.98. The molecule has 0 spiro atoms. The molecule has 0 saturated carbocycles. The highest BCUT2D eigenvalue weighted by Crippen LogP contribution is 2.18. The van der Waals surface area contributed by atoms with Crippen LogP contribution in [0.25, 0.3) is 0 Å². The van der Waals surface area contributed by atoms with Gasteiger partial charge in [0.15, 0.2) is 0 Å². The summed E-state index contributed by atoms with van der Waals surface area (Å²) in [5, 5.41) is 3.41. The Morgan fingerprint density at radius 1 is 1.35 bits per heavy atom. The normalized spacial score (nSPS) is 18.2. The zero-order valence-electron chi connectivity index (χ0n) is 12.8. The fourth-order valence-corrected chi connectivity index (χ4v) is 3.41. The lowest BCUT2D eigenvalue weighted by atomic mass is 10.0. The standard InChI is InChI=1S/C14H24N4OS/c1-11-9-15-12(2)13(17-11)16-10-14(3,4)18-5-7-20(19)8-6-18/h9H,5-8,10H2,1-4H3,(H,16,17). The van der Waals surface area contributed by atoms with Gasteiger partial charge in [-0.25, -0.2) is 4.98 Å². The number of hydrogen-bond donors (Lipinski definition) is 1. The highest BCUT2D eigenvalue weighted by atomic mass is 32.2. The van der Waals surface area contributed by atoms with Crippen LogP contribution >= 0.6 is 0 Å². The lowest BCUT2D eigenvalue weighted by molar-refractivity contribution is 0.145. The maximum absolute atomic E-state index is 11.4. The predicted molar refractivity (Wildman–Crippen MR) is 83.5 cm³/mol. The van der Waals surface area contributed by atoms with Crippen LogP contribution in [0.4, 0.5) is 5.82 Å². The summed E-state index contributed by atoms with van der Waals surface area (Å²) < 4.78 is 11.4. The molecule has 0 radical (unpaired) electrons. The molecule has 0 amide bonds. The zero-order valence-corrected chi connectivity index (χ0v) is 13.6. The van der Waals surface area contributed by atoms with Crippen molar-refractivity contribution in [3.8, 4) is 0 Å². The minimum absolute atomic E-state index is 0.0164. The van der Waals surface area contributed by atoms with E-state index in [1.54, 1.807) is 6.20 Å². The zero-order chi connectivity index (χ0) is 14.8. The molecule has 1 aromatic heterocycles. The second-order valence-electron chi connectivity index (χ2n) is 5.95. The van der Waals surface area contributed by atoms with Crippen molar-refractivity contribution in [2.24, 2.45) is 0 Å². The molecule has 112 valence electrons. The Hall–Kier alpha value is -1.01. The van der Waals surface area contributed by atoms with Crippen molar-refractivity contribution >= 4 is 16.6 Å². The molecule has 1 N–H and O–H groups in total. The van der Waals surface area contributed by atoms with Gasteiger partial charge in [-0.15, -0.1) is 0 Å². The van der Waals surface area contributed by atoms with Gasteiger partial charge in [0, 0.05) is 53.7 Å². The van der Waals surface area contributed by atoms with Crippen molar-refractivity contribution in [2.75, 3.05) is 36.5 Å². The number of nitrogens with zero attached hydrogens (tertiary/aromatic N) is 3. The van der Waals surface area contributed by atoms with Gasteiger partial charge in [-0.05, 0) is 27.7 Å². The van der Waals surface area contributed by atoms with Crippen LogP contribution in [-0.4, -0.2) is 55.8 Å². The predicted octanol–water partition coefficient (Wildman–Crippen LogP) is 1.35. The molecule has 6 heteroatoms. The van der Waals surface area contributed by atoms with Crippen LogP contribution < -0.4 is 5.32 Å². The highest BCUT2D eigenvalue weighted by Gasteiger charge is 2.29. The first-order valence-corrected chi connectivity index (χ1v) is 8.51. The molecule has 0 unspecified atom stereocenters. The van der Waals surface area contributed by atoms with E-state index < -0.39 is 10.8 Å². The van der Waals surface area contributed by atoms with Crippen molar-refractivity contribution in [3.63, 3.8) is 0 Å². The molecule has 0 atom stereocenters. The van der Waals surface area contributed by atoms with E-state index in [0.717, 1.165) is 48.3 Å². The van der Waals surface area contributed by atoms with Gasteiger partial charge in [0.2, 0.25) is 0 Å². The molecule has 0 aromatic carbocycles. The van der Waals surface area contributed by atoms with Crippen molar-refractivity contribution in [1.82, 2.24) is 14.9 Å². The summed E-state index contributed by atoms with van der Waals surface area (Å²) in [6.45, 7) is 11.0. The van der Waals surface area contributed by atoms with E-state index in [1.807, 2.05) is 13.8 Å². The van der Waals surface area contributed by atoms with Gasteiger partial charge in [0.1, 0.15) is 5.82 Å². The molecule has 1 aromatic rings. The molecule has 1 saturated heterocycles. The molecule has 0 bridgehead atoms. The first-order chi connectivity index (χ1) is 9.38. The van der Waals surface area contributed by atoms with E-state index in [1.165, 1.54) is 0 Å². The van der Waals surface area contributed by atoms with Gasteiger partial charge in [-0.3, -0.25) is 14.1 Å². The quantitative estimate of drug-likeness (QED) is 0.909. The molecule has 1 fully saturated rings. The van der Waals surface area contributed by atoms with Crippen molar-refractivity contribution in [1.29, 1.82) is 0 Å². The van der Waals surface area contributed by atoms with Crippen molar-refractivity contribution in [3.05, 3.63) is 17.6 Å². The van der Waals surface area contributed by atoms with Gasteiger partial charge in [-0.1, -0.05) is 0 Å². The van der Waals surface area contributed by atoms with Crippen LogP contribution in [0.1, 0.15) is 25.2 Å². The molecule has 1 aliphatic heterocycles. The summed E-state index contributed by atoms with van der Waals surface area (Å²) in [5.41, 5.74) is 1.86. The average Bonchev–Trinajstić information content (AvgIpc) is 2.40. The van der Waals surface area contributed by atoms with Crippen molar-refractivity contribution in [2.45, 2.75) is 33.2 Å². The van der Waals surface area contributed by atoms with Gasteiger partial charge in [0.05, 0.1) is 11.4 Å². The van der Waals surface area contributed by atoms with Crippen LogP contribution in [0.5, 0.6) is 0 Å². The third-order valence-corrected chi connectivity index (χ3v) is 5.07. The summed E-state index contributed by atoms with van der Waals surface area (Å²) in [6.07, 6.45) is 1.78. The lowest BCUT2D eigenvalue weighted by Gasteiger charge is -2.40. The number of nitrogens with one attached hydrogen (secondary N) is 1. The topological polar surface area (TPSA) is 58.1 Å². The second kappa shape index (κ2) is 6.18. The average molecular weight is 296 g/mol. The molecular formula is C14H24N4OS. The summed E-state index contributed by atoms with van der Waals surface area (Å²) in [7, 11) is -0.627. The maximum Gasteiger partial charge on any atom is 0.147 e. The molecular weight excluding hydrogens is 272 g/mol. The Morgan fingerprint density at radius 3 is 2.65 bits per heavy atom. The summed E-state index contributed by atoms with van der Waals surface area (Å²) in [6, 6.07) is 0.